The number of nitrogens with zero attached hydrogens (tertiary/aromatic N) is 3. The predicted octanol–water partition coefficient (Wildman–Crippen LogP) is 3.57. The molecule has 0 spiro atoms. The smallest absolute Gasteiger partial charge is 0.290 e. The Bertz CT molecular complexity index is 478. The van der Waals surface area contributed by atoms with E-state index in [1.165, 1.54) is 18.0 Å². The van der Waals surface area contributed by atoms with E-state index < -0.39 is 0 Å². The van der Waals surface area contributed by atoms with Gasteiger partial charge in [-0.2, -0.15) is 0 Å². The number of aliphatic imine (C=N–C) groups is 1. The van der Waals surface area contributed by atoms with Gasteiger partial charge in [0.15, 0.2) is 11.8 Å². The summed E-state index contributed by atoms with van der Waals surface area (Å²) in [5.41, 5.74) is 1.83. The molecule has 1 saturated heterocycles. The van der Waals surface area contributed by atoms with Gasteiger partial charge >= 0.3 is 0 Å². The first-order valence-corrected chi connectivity index (χ1v) is 8.31. The average Bonchev–Trinajstić information content (AvgIpc) is 2.64. The van der Waals surface area contributed by atoms with Crippen molar-refractivity contribution >= 4 is 11.5 Å². The first kappa shape index (κ1) is 16.7. The number of hydrogen-bond acceptors (Lipinski definition) is 2. The molecule has 0 amide bonds. The Hall–Kier alpha value is -0.700. The summed E-state index contributed by atoms with van der Waals surface area (Å²) in [6.07, 6.45) is 1.19. The summed E-state index contributed by atoms with van der Waals surface area (Å²) in [5.74, 6) is 1.27. The van der Waals surface area contributed by atoms with Crippen LogP contribution in [0.25, 0.3) is 0 Å². The van der Waals surface area contributed by atoms with E-state index in [4.69, 9.17) is 4.99 Å². The lowest BCUT2D eigenvalue weighted by molar-refractivity contribution is -0.616. The van der Waals surface area contributed by atoms with Gasteiger partial charge in [-0.25, -0.2) is 4.58 Å². The minimum Gasteiger partial charge on any atom is -0.290 e. The van der Waals surface area contributed by atoms with Gasteiger partial charge in [0.05, 0.1) is 17.5 Å². The van der Waals surface area contributed by atoms with Gasteiger partial charge in [-0.05, 0) is 67.3 Å². The van der Waals surface area contributed by atoms with Crippen LogP contribution in [0.4, 0.5) is 0 Å². The molecule has 0 saturated carbocycles. The highest BCUT2D eigenvalue weighted by Gasteiger charge is 2.49. The van der Waals surface area contributed by atoms with Crippen LogP contribution in [-0.2, 0) is 0 Å². The van der Waals surface area contributed by atoms with E-state index in [1.807, 2.05) is 0 Å². The summed E-state index contributed by atoms with van der Waals surface area (Å²) in [6.45, 7) is 22.9. The van der Waals surface area contributed by atoms with Crippen LogP contribution in [0.15, 0.2) is 4.99 Å². The fourth-order valence-electron chi connectivity index (χ4n) is 3.44. The molecule has 3 heteroatoms. The molecule has 1 fully saturated rings. The maximum Gasteiger partial charge on any atom is 0.300 e. The van der Waals surface area contributed by atoms with Gasteiger partial charge in [0.25, 0.3) is 5.84 Å². The fraction of sp³-hybridized carbons (Fsp3) is 0.889. The summed E-state index contributed by atoms with van der Waals surface area (Å²) in [6, 6.07) is 0.498. The van der Waals surface area contributed by atoms with Crippen molar-refractivity contribution in [2.24, 2.45) is 10.4 Å². The van der Waals surface area contributed by atoms with E-state index in [9.17, 15) is 0 Å². The van der Waals surface area contributed by atoms with Crippen LogP contribution in [0.5, 0.6) is 0 Å². The van der Waals surface area contributed by atoms with Gasteiger partial charge in [-0.1, -0.05) is 0 Å². The monoisotopic (exact) mass is 292 g/mol. The number of likely N-dealkylation sites (tertiary alicyclic amines) is 1. The van der Waals surface area contributed by atoms with E-state index in [-0.39, 0.29) is 16.5 Å². The van der Waals surface area contributed by atoms with Gasteiger partial charge in [-0.3, -0.25) is 4.90 Å². The van der Waals surface area contributed by atoms with E-state index in [1.54, 1.807) is 0 Å². The summed E-state index contributed by atoms with van der Waals surface area (Å²) in [4.78, 5) is 7.67. The van der Waals surface area contributed by atoms with Crippen LogP contribution in [0, 0.1) is 5.41 Å². The highest BCUT2D eigenvalue weighted by Crippen LogP contribution is 2.31. The number of piperidine rings is 1. The van der Waals surface area contributed by atoms with Crippen molar-refractivity contribution in [3.63, 3.8) is 0 Å². The van der Waals surface area contributed by atoms with Crippen LogP contribution in [-0.4, -0.2) is 51.2 Å². The molecule has 2 aliphatic rings. The van der Waals surface area contributed by atoms with E-state index in [0.717, 1.165) is 13.1 Å². The molecule has 1 unspecified atom stereocenters. The highest BCUT2D eigenvalue weighted by molar-refractivity contribution is 6.05. The van der Waals surface area contributed by atoms with Crippen LogP contribution >= 0.6 is 0 Å². The molecule has 3 nitrogen and oxygen atoms in total. The molecule has 0 radical (unpaired) electrons. The topological polar surface area (TPSA) is 18.6 Å². The van der Waals surface area contributed by atoms with Crippen molar-refractivity contribution in [3.05, 3.63) is 0 Å². The second-order valence-corrected chi connectivity index (χ2v) is 9.61. The Kier molecular flexibility index (Phi) is 3.89. The molecular formula is C18H34N3+. The summed E-state index contributed by atoms with van der Waals surface area (Å²) >= 11 is 0. The fourth-order valence-corrected chi connectivity index (χ4v) is 3.44. The quantitative estimate of drug-likeness (QED) is 0.624. The van der Waals surface area contributed by atoms with Crippen LogP contribution in [0.2, 0.25) is 0 Å². The molecule has 2 aliphatic heterocycles. The number of fused-ring (bicyclic) bond motifs is 1. The molecule has 0 aromatic rings. The molecule has 1 atom stereocenters. The maximum absolute atomic E-state index is 5.11. The molecule has 0 aromatic heterocycles. The van der Waals surface area contributed by atoms with Gasteiger partial charge in [0.2, 0.25) is 0 Å². The zero-order chi connectivity index (χ0) is 16.2. The van der Waals surface area contributed by atoms with Crippen molar-refractivity contribution in [2.75, 3.05) is 13.1 Å². The Morgan fingerprint density at radius 1 is 1.00 bits per heavy atom. The zero-order valence-electron chi connectivity index (χ0n) is 15.5. The normalized spacial score (nSPS) is 25.2. The summed E-state index contributed by atoms with van der Waals surface area (Å²) in [7, 11) is 0. The Morgan fingerprint density at radius 2 is 1.57 bits per heavy atom. The second kappa shape index (κ2) is 4.91. The Balaban J connectivity index is 2.38. The summed E-state index contributed by atoms with van der Waals surface area (Å²) < 4.78 is 2.59. The molecule has 2 rings (SSSR count). The standard InChI is InChI=1S/C18H34N3/c1-16(2,3)15-19-13-12-20(17(4,5)6)11-10-14(13)21(15)18(7,8)9/h14H,10-12H2,1-9H3/q+1. The van der Waals surface area contributed by atoms with Gasteiger partial charge in [0.1, 0.15) is 0 Å². The van der Waals surface area contributed by atoms with Crippen LogP contribution in [0.3, 0.4) is 0 Å². The Labute approximate surface area is 131 Å². The molecule has 0 bridgehead atoms. The molecular weight excluding hydrogens is 258 g/mol. The first-order chi connectivity index (χ1) is 9.32. The zero-order valence-corrected chi connectivity index (χ0v) is 15.5. The molecule has 0 aliphatic carbocycles. The van der Waals surface area contributed by atoms with Crippen molar-refractivity contribution in [2.45, 2.75) is 85.9 Å². The van der Waals surface area contributed by atoms with Crippen molar-refractivity contribution in [1.82, 2.24) is 4.90 Å². The number of amidine groups is 1. The van der Waals surface area contributed by atoms with Crippen molar-refractivity contribution in [1.29, 1.82) is 0 Å². The Morgan fingerprint density at radius 3 is 2.00 bits per heavy atom. The van der Waals surface area contributed by atoms with E-state index >= 15 is 0 Å². The van der Waals surface area contributed by atoms with Gasteiger partial charge < -0.3 is 0 Å². The SMILES string of the molecule is CC(C)(C)C1=[N+](C(C)(C)C)C2CCN(C(C)(C)C)CC2=N1. The third-order valence-corrected chi connectivity index (χ3v) is 4.54. The van der Waals surface area contributed by atoms with Crippen LogP contribution < -0.4 is 0 Å². The largest absolute Gasteiger partial charge is 0.300 e. The minimum absolute atomic E-state index is 0.101. The molecule has 21 heavy (non-hydrogen) atoms. The first-order valence-electron chi connectivity index (χ1n) is 8.31. The number of rotatable bonds is 0. The van der Waals surface area contributed by atoms with Gasteiger partial charge in [-0.15, -0.1) is 0 Å². The molecule has 0 N–H and O–H groups in total. The lowest BCUT2D eigenvalue weighted by atomic mass is 9.92. The van der Waals surface area contributed by atoms with E-state index in [2.05, 4.69) is 71.8 Å². The van der Waals surface area contributed by atoms with E-state index in [0.29, 0.717) is 6.04 Å². The van der Waals surface area contributed by atoms with Crippen LogP contribution in [0.1, 0.15) is 68.7 Å². The third-order valence-electron chi connectivity index (χ3n) is 4.54. The maximum atomic E-state index is 5.11. The lowest BCUT2D eigenvalue weighted by Crippen LogP contribution is -2.55. The van der Waals surface area contributed by atoms with Crippen molar-refractivity contribution < 1.29 is 4.58 Å². The second-order valence-electron chi connectivity index (χ2n) is 9.61. The highest BCUT2D eigenvalue weighted by atomic mass is 15.3. The summed E-state index contributed by atoms with van der Waals surface area (Å²) in [5, 5.41) is 0. The average molecular weight is 292 g/mol. The third kappa shape index (κ3) is 3.23. The van der Waals surface area contributed by atoms with Gasteiger partial charge in [0, 0.05) is 18.5 Å². The molecule has 0 aromatic carbocycles. The number of hydrogen-bond donors (Lipinski definition) is 0. The van der Waals surface area contributed by atoms with Crippen molar-refractivity contribution in [3.8, 4) is 0 Å². The lowest BCUT2D eigenvalue weighted by Gasteiger charge is -2.40. The molecule has 120 valence electrons. The predicted molar refractivity (Wildman–Crippen MR) is 91.6 cm³/mol. The minimum atomic E-state index is 0.101. The molecule has 2 heterocycles.